The van der Waals surface area contributed by atoms with Gasteiger partial charge < -0.3 is 4.57 Å². The highest BCUT2D eigenvalue weighted by Gasteiger charge is 2.25. The molecule has 0 amide bonds. The van der Waals surface area contributed by atoms with Crippen molar-refractivity contribution in [1.82, 2.24) is 24.3 Å². The molecule has 2 aromatic heterocycles. The predicted octanol–water partition coefficient (Wildman–Crippen LogP) is 3.70. The number of halogens is 1. The van der Waals surface area contributed by atoms with Gasteiger partial charge in [-0.1, -0.05) is 24.2 Å². The van der Waals surface area contributed by atoms with Gasteiger partial charge in [0, 0.05) is 25.4 Å². The highest BCUT2D eigenvalue weighted by molar-refractivity contribution is 7.98. The molecule has 24 heavy (non-hydrogen) atoms. The van der Waals surface area contributed by atoms with E-state index in [-0.39, 0.29) is 5.82 Å². The topological polar surface area (TPSA) is 48.5 Å². The number of hydrogen-bond acceptors (Lipinski definition) is 4. The van der Waals surface area contributed by atoms with E-state index in [4.69, 9.17) is 0 Å². The molecule has 0 radical (unpaired) electrons. The third-order valence-electron chi connectivity index (χ3n) is 4.49. The summed E-state index contributed by atoms with van der Waals surface area (Å²) in [4.78, 5) is 4.38. The molecule has 3 aromatic rings. The molecule has 4 rings (SSSR count). The molecular formula is C17H18FN5S. The third kappa shape index (κ3) is 2.84. The Hall–Kier alpha value is -2.15. The molecule has 124 valence electrons. The first kappa shape index (κ1) is 15.4. The van der Waals surface area contributed by atoms with Crippen LogP contribution in [0.25, 0.3) is 5.69 Å². The Morgan fingerprint density at radius 2 is 2.17 bits per heavy atom. The molecule has 0 aliphatic heterocycles. The summed E-state index contributed by atoms with van der Waals surface area (Å²) >= 11 is 1.58. The lowest BCUT2D eigenvalue weighted by atomic mass is 9.85. The molecule has 2 heterocycles. The maximum atomic E-state index is 13.4. The summed E-state index contributed by atoms with van der Waals surface area (Å²) in [6.45, 7) is 0. The molecule has 0 saturated heterocycles. The van der Waals surface area contributed by atoms with Crippen molar-refractivity contribution in [3.63, 3.8) is 0 Å². The molecule has 1 saturated carbocycles. The maximum Gasteiger partial charge on any atom is 0.173 e. The quantitative estimate of drug-likeness (QED) is 0.663. The first-order chi connectivity index (χ1) is 11.7. The van der Waals surface area contributed by atoms with Gasteiger partial charge in [-0.15, -0.1) is 10.2 Å². The van der Waals surface area contributed by atoms with Gasteiger partial charge in [-0.2, -0.15) is 0 Å². The lowest BCUT2D eigenvalue weighted by molar-refractivity contribution is 0.391. The Bertz CT molecular complexity index is 852. The fourth-order valence-electron chi connectivity index (χ4n) is 2.87. The van der Waals surface area contributed by atoms with Crippen LogP contribution in [0.2, 0.25) is 0 Å². The van der Waals surface area contributed by atoms with Crippen molar-refractivity contribution < 1.29 is 4.39 Å². The number of benzene rings is 1. The molecule has 0 N–H and O–H groups in total. The van der Waals surface area contributed by atoms with Gasteiger partial charge in [-0.05, 0) is 31.0 Å². The number of hydrogen-bond donors (Lipinski definition) is 0. The number of nitrogens with zero attached hydrogens (tertiary/aromatic N) is 5. The molecule has 1 aliphatic carbocycles. The van der Waals surface area contributed by atoms with E-state index in [2.05, 4.69) is 19.7 Å². The summed E-state index contributed by atoms with van der Waals surface area (Å²) < 4.78 is 17.4. The first-order valence-electron chi connectivity index (χ1n) is 8.02. The number of thioether (sulfide) groups is 1. The molecule has 0 unspecified atom stereocenters. The van der Waals surface area contributed by atoms with E-state index in [0.717, 1.165) is 22.5 Å². The highest BCUT2D eigenvalue weighted by Crippen LogP contribution is 2.35. The van der Waals surface area contributed by atoms with Crippen molar-refractivity contribution >= 4 is 11.8 Å². The second-order valence-electron chi connectivity index (χ2n) is 6.01. The van der Waals surface area contributed by atoms with Crippen LogP contribution in [0, 0.1) is 5.82 Å². The molecule has 1 aromatic carbocycles. The predicted molar refractivity (Wildman–Crippen MR) is 90.7 cm³/mol. The van der Waals surface area contributed by atoms with Gasteiger partial charge in [-0.25, -0.2) is 9.37 Å². The van der Waals surface area contributed by atoms with Crippen LogP contribution in [-0.4, -0.2) is 24.3 Å². The van der Waals surface area contributed by atoms with Crippen LogP contribution < -0.4 is 0 Å². The van der Waals surface area contributed by atoms with Crippen LogP contribution in [0.3, 0.4) is 0 Å². The van der Waals surface area contributed by atoms with Crippen molar-refractivity contribution in [3.8, 4) is 5.69 Å². The zero-order valence-corrected chi connectivity index (χ0v) is 14.2. The average molecular weight is 343 g/mol. The van der Waals surface area contributed by atoms with Crippen LogP contribution >= 0.6 is 11.8 Å². The van der Waals surface area contributed by atoms with Crippen molar-refractivity contribution in [2.24, 2.45) is 7.05 Å². The van der Waals surface area contributed by atoms with E-state index < -0.39 is 0 Å². The van der Waals surface area contributed by atoms with Gasteiger partial charge in [0.1, 0.15) is 17.5 Å². The van der Waals surface area contributed by atoms with E-state index in [9.17, 15) is 4.39 Å². The van der Waals surface area contributed by atoms with Crippen molar-refractivity contribution in [3.05, 3.63) is 54.1 Å². The Morgan fingerprint density at radius 1 is 1.29 bits per heavy atom. The van der Waals surface area contributed by atoms with Crippen molar-refractivity contribution in [1.29, 1.82) is 0 Å². The zero-order chi connectivity index (χ0) is 16.5. The van der Waals surface area contributed by atoms with Crippen molar-refractivity contribution in [2.75, 3.05) is 0 Å². The van der Waals surface area contributed by atoms with E-state index in [0.29, 0.717) is 11.7 Å². The summed E-state index contributed by atoms with van der Waals surface area (Å²) in [5.41, 5.74) is 0.767. The molecule has 7 heteroatoms. The molecule has 1 fully saturated rings. The first-order valence-corrected chi connectivity index (χ1v) is 9.01. The van der Waals surface area contributed by atoms with Gasteiger partial charge in [0.05, 0.1) is 11.4 Å². The Balaban J connectivity index is 1.51. The molecule has 1 aliphatic rings. The smallest absolute Gasteiger partial charge is 0.173 e. The second kappa shape index (κ2) is 6.39. The van der Waals surface area contributed by atoms with Gasteiger partial charge >= 0.3 is 0 Å². The highest BCUT2D eigenvalue weighted by atomic mass is 32.2. The SMILES string of the molecule is Cn1c(CSc2nccn2-c2cccc(F)c2)nnc1C1CCC1. The summed E-state index contributed by atoms with van der Waals surface area (Å²) in [5, 5.41) is 9.50. The van der Waals surface area contributed by atoms with E-state index in [1.165, 1.54) is 31.4 Å². The van der Waals surface area contributed by atoms with Gasteiger partial charge in [0.2, 0.25) is 0 Å². The van der Waals surface area contributed by atoms with Gasteiger partial charge in [0.15, 0.2) is 5.16 Å². The van der Waals surface area contributed by atoms with E-state index >= 15 is 0 Å². The van der Waals surface area contributed by atoms with E-state index in [1.54, 1.807) is 24.0 Å². The summed E-state index contributed by atoms with van der Waals surface area (Å²) in [7, 11) is 2.03. The fourth-order valence-corrected chi connectivity index (χ4v) is 3.82. The van der Waals surface area contributed by atoms with Crippen LogP contribution in [0.15, 0.2) is 41.8 Å². The van der Waals surface area contributed by atoms with Crippen LogP contribution in [0.1, 0.15) is 36.8 Å². The number of rotatable bonds is 5. The van der Waals surface area contributed by atoms with E-state index in [1.807, 2.05) is 23.9 Å². The monoisotopic (exact) mass is 343 g/mol. The van der Waals surface area contributed by atoms with Gasteiger partial charge in [-0.3, -0.25) is 4.57 Å². The van der Waals surface area contributed by atoms with Crippen molar-refractivity contribution in [2.45, 2.75) is 36.1 Å². The minimum atomic E-state index is -0.254. The lowest BCUT2D eigenvalue weighted by Crippen LogP contribution is -2.14. The standard InChI is InChI=1S/C17H18FN5S/c1-22-15(20-21-16(22)12-4-2-5-12)11-24-17-19-8-9-23(17)14-7-3-6-13(18)10-14/h3,6-10,12H,2,4-5,11H2,1H3. The summed E-state index contributed by atoms with van der Waals surface area (Å²) in [6, 6.07) is 6.51. The van der Waals surface area contributed by atoms with Crippen LogP contribution in [-0.2, 0) is 12.8 Å². The largest absolute Gasteiger partial charge is 0.317 e. The normalized spacial score (nSPS) is 14.8. The molecule has 0 atom stereocenters. The fraction of sp³-hybridized carbons (Fsp3) is 0.353. The number of imidazole rings is 1. The molecule has 0 spiro atoms. The molecule has 0 bridgehead atoms. The summed E-state index contributed by atoms with van der Waals surface area (Å²) in [6.07, 6.45) is 7.27. The second-order valence-corrected chi connectivity index (χ2v) is 6.95. The molecule has 5 nitrogen and oxygen atoms in total. The minimum Gasteiger partial charge on any atom is -0.317 e. The zero-order valence-electron chi connectivity index (χ0n) is 13.4. The average Bonchev–Trinajstić information content (AvgIpc) is 3.12. The lowest BCUT2D eigenvalue weighted by Gasteiger charge is -2.24. The maximum absolute atomic E-state index is 13.4. The van der Waals surface area contributed by atoms with Crippen LogP contribution in [0.5, 0.6) is 0 Å². The van der Waals surface area contributed by atoms with Crippen LogP contribution in [0.4, 0.5) is 4.39 Å². The minimum absolute atomic E-state index is 0.254. The van der Waals surface area contributed by atoms with Gasteiger partial charge in [0.25, 0.3) is 0 Å². The Morgan fingerprint density at radius 3 is 2.92 bits per heavy atom. The Labute approximate surface area is 143 Å². The summed E-state index contributed by atoms with van der Waals surface area (Å²) in [5.74, 6) is 3.02. The third-order valence-corrected chi connectivity index (χ3v) is 5.46. The Kier molecular flexibility index (Phi) is 4.10. The number of aromatic nitrogens is 5. The molecular weight excluding hydrogens is 325 g/mol.